The van der Waals surface area contributed by atoms with E-state index < -0.39 is 47.2 Å². The fourth-order valence-electron chi connectivity index (χ4n) is 10.4. The van der Waals surface area contributed by atoms with E-state index in [0.29, 0.717) is 57.5 Å². The molecule has 3 fully saturated rings. The molecular formula is C51H66N8O8. The second kappa shape index (κ2) is 19.3. The largest absolute Gasteiger partial charge is 0.508 e. The fourth-order valence-corrected chi connectivity index (χ4v) is 10.4. The van der Waals surface area contributed by atoms with Crippen LogP contribution in [0.15, 0.2) is 54.9 Å². The van der Waals surface area contributed by atoms with Crippen LogP contribution in [-0.2, 0) is 54.6 Å². The van der Waals surface area contributed by atoms with E-state index in [1.54, 1.807) is 42.3 Å². The summed E-state index contributed by atoms with van der Waals surface area (Å²) in [6.07, 6.45) is 5.64. The topological polar surface area (TPSA) is 179 Å². The molecule has 3 saturated heterocycles. The van der Waals surface area contributed by atoms with E-state index in [0.717, 1.165) is 44.4 Å². The number of carbonyl (C=O) groups is 5. The maximum Gasteiger partial charge on any atom is 0.324 e. The van der Waals surface area contributed by atoms with Crippen LogP contribution in [0.5, 0.6) is 5.75 Å². The highest BCUT2D eigenvalue weighted by molar-refractivity contribution is 5.96. The normalized spacial score (nSPS) is 22.4. The number of nitrogens with one attached hydrogen (secondary N) is 2. The first kappa shape index (κ1) is 47.5. The fraction of sp³-hybridized carbons (Fsp3) is 0.529. The van der Waals surface area contributed by atoms with Gasteiger partial charge in [0.25, 0.3) is 5.91 Å². The lowest BCUT2D eigenvalue weighted by atomic mass is 9.84. The Hall–Kier alpha value is -6.00. The van der Waals surface area contributed by atoms with Crippen LogP contribution >= 0.6 is 0 Å². The van der Waals surface area contributed by atoms with Crippen LogP contribution in [0.3, 0.4) is 0 Å². The van der Waals surface area contributed by atoms with Gasteiger partial charge in [-0.1, -0.05) is 39.8 Å². The summed E-state index contributed by atoms with van der Waals surface area (Å²) >= 11 is 0. The van der Waals surface area contributed by atoms with Crippen LogP contribution in [0, 0.1) is 17.3 Å². The van der Waals surface area contributed by atoms with Crippen molar-refractivity contribution in [2.75, 3.05) is 46.9 Å². The monoisotopic (exact) mass is 919 g/mol. The third-order valence-corrected chi connectivity index (χ3v) is 13.9. The number of esters is 1. The van der Waals surface area contributed by atoms with Gasteiger partial charge in [0.1, 0.15) is 23.9 Å². The molecule has 4 aliphatic heterocycles. The van der Waals surface area contributed by atoms with E-state index in [-0.39, 0.29) is 55.8 Å². The maximum absolute atomic E-state index is 14.7. The van der Waals surface area contributed by atoms with Gasteiger partial charge in [0.05, 0.1) is 24.8 Å². The summed E-state index contributed by atoms with van der Waals surface area (Å²) in [6, 6.07) is 10.7. The van der Waals surface area contributed by atoms with Crippen molar-refractivity contribution >= 4 is 40.6 Å². The number of cyclic esters (lactones) is 1. The number of ether oxygens (including phenoxy) is 2. The van der Waals surface area contributed by atoms with Crippen LogP contribution in [0.4, 0.5) is 4.79 Å². The number of aromatic nitrogens is 2. The van der Waals surface area contributed by atoms with Gasteiger partial charge in [-0.15, -0.1) is 0 Å². The number of benzene rings is 2. The number of phenolic OH excluding ortho intramolecular Hbond substituents is 1. The number of aromatic hydroxyl groups is 1. The standard InChI is InChI=1S/C51H66N8O8/c1-9-57-43-13-12-33-23-38(43)39(45(57)40-25-52-16-14-35(40)28-66-8)24-51(5,6)29-67-49(64)41-11-10-17-59(54-41)48(63)42(21-32-19-36(33)22-37(60)20-32)53-46(61)44(30(2)3)55(7)47(62)34-15-18-56(27-34)50(65)58-26-31(58)4/h12-14,16,19-20,22-23,25,30-31,34,41-42,44,54,60H,9-11,15,17-18,21,24,26-29H2,1-8H3,(H,53,61)/t31-,34+,41+,42+,44?,58?/m1/s1. The molecule has 8 rings (SSSR count). The summed E-state index contributed by atoms with van der Waals surface area (Å²) in [4.78, 5) is 79.8. The Kier molecular flexibility index (Phi) is 13.7. The summed E-state index contributed by atoms with van der Waals surface area (Å²) in [7, 11) is 3.28. The number of nitrogens with zero attached hydrogens (tertiary/aromatic N) is 6. The first-order valence-electron chi connectivity index (χ1n) is 23.8. The maximum atomic E-state index is 14.7. The van der Waals surface area contributed by atoms with Crippen LogP contribution in [0.25, 0.3) is 33.3 Å². The number of hydrogen-bond acceptors (Lipinski definition) is 10. The number of fused-ring (bicyclic) bond motifs is 6. The predicted octanol–water partition coefficient (Wildman–Crippen LogP) is 5.52. The lowest BCUT2D eigenvalue weighted by Crippen LogP contribution is -2.62. The molecule has 6 bridgehead atoms. The summed E-state index contributed by atoms with van der Waals surface area (Å²) < 4.78 is 14.0. The molecule has 2 aromatic heterocycles. The first-order valence-corrected chi connectivity index (χ1v) is 23.8. The zero-order valence-corrected chi connectivity index (χ0v) is 40.1. The van der Waals surface area contributed by atoms with Gasteiger partial charge in [0, 0.05) is 93.6 Å². The number of amides is 5. The number of hydrogen-bond donors (Lipinski definition) is 3. The Morgan fingerprint density at radius 2 is 1.84 bits per heavy atom. The van der Waals surface area contributed by atoms with E-state index in [1.807, 2.05) is 45.2 Å². The molecule has 1 unspecified atom stereocenters. The zero-order valence-electron chi connectivity index (χ0n) is 40.1. The van der Waals surface area contributed by atoms with Gasteiger partial charge in [0.2, 0.25) is 11.8 Å². The Bertz CT molecular complexity index is 2550. The minimum absolute atomic E-state index is 0.00229. The number of urea groups is 1. The highest BCUT2D eigenvalue weighted by Crippen LogP contribution is 2.41. The van der Waals surface area contributed by atoms with Gasteiger partial charge in [-0.2, -0.15) is 0 Å². The molecule has 6 heterocycles. The quantitative estimate of drug-likeness (QED) is 0.143. The number of likely N-dealkylation sites (tertiary alicyclic amines) is 1. The van der Waals surface area contributed by atoms with Crippen molar-refractivity contribution in [2.45, 2.75) is 111 Å². The van der Waals surface area contributed by atoms with Crippen molar-refractivity contribution in [1.82, 2.24) is 40.0 Å². The summed E-state index contributed by atoms with van der Waals surface area (Å²) in [6.45, 7) is 14.9. The van der Waals surface area contributed by atoms with Crippen LogP contribution in [0.2, 0.25) is 0 Å². The van der Waals surface area contributed by atoms with Crippen molar-refractivity contribution in [3.63, 3.8) is 0 Å². The molecule has 0 saturated carbocycles. The van der Waals surface area contributed by atoms with Gasteiger partial charge in [0.15, 0.2) is 0 Å². The molecule has 2 aromatic carbocycles. The number of likely N-dealkylation sites (N-methyl/N-ethyl adjacent to an activating group) is 1. The average Bonchev–Trinajstić information content (AvgIpc) is 3.69. The minimum Gasteiger partial charge on any atom is -0.508 e. The second-order valence-corrected chi connectivity index (χ2v) is 20.0. The average molecular weight is 919 g/mol. The van der Waals surface area contributed by atoms with Crippen LogP contribution < -0.4 is 10.7 Å². The Balaban J connectivity index is 1.16. The van der Waals surface area contributed by atoms with Gasteiger partial charge < -0.3 is 39.2 Å². The lowest BCUT2D eigenvalue weighted by molar-refractivity contribution is -0.155. The van der Waals surface area contributed by atoms with Crippen LogP contribution in [-0.4, -0.2) is 135 Å². The molecule has 5 atom stereocenters. The lowest BCUT2D eigenvalue weighted by Gasteiger charge is -2.37. The van der Waals surface area contributed by atoms with Crippen molar-refractivity contribution in [2.24, 2.45) is 17.3 Å². The molecule has 0 radical (unpaired) electrons. The molecule has 0 spiro atoms. The molecule has 16 nitrogen and oxygen atoms in total. The summed E-state index contributed by atoms with van der Waals surface area (Å²) in [5.74, 6) is -2.50. The third-order valence-electron chi connectivity index (χ3n) is 13.9. The molecule has 67 heavy (non-hydrogen) atoms. The Labute approximate surface area is 392 Å². The summed E-state index contributed by atoms with van der Waals surface area (Å²) in [5.41, 5.74) is 9.78. The van der Waals surface area contributed by atoms with E-state index in [4.69, 9.17) is 9.47 Å². The Morgan fingerprint density at radius 1 is 1.06 bits per heavy atom. The third kappa shape index (κ3) is 9.87. The predicted molar refractivity (Wildman–Crippen MR) is 253 cm³/mol. The summed E-state index contributed by atoms with van der Waals surface area (Å²) in [5, 5.41) is 16.7. The SMILES string of the molecule is CCn1c(-c2cnccc2COC)c2c3cc(ccc31)-c1cc(O)cc(c1)C[C@H](NC(=O)C(C(C)C)N(C)C(=O)[C@H]1CCN(C(=O)N3C[C@H]3C)C1)C(=O)N1CCC[C@H](N1)C(=O)OCC(C)(C)C2. The Morgan fingerprint density at radius 3 is 2.55 bits per heavy atom. The molecule has 358 valence electrons. The number of methoxy groups -OCH3 is 1. The van der Waals surface area contributed by atoms with E-state index in [1.165, 1.54) is 9.91 Å². The smallest absolute Gasteiger partial charge is 0.324 e. The molecule has 16 heteroatoms. The highest BCUT2D eigenvalue weighted by Gasteiger charge is 2.43. The van der Waals surface area contributed by atoms with E-state index in [2.05, 4.69) is 53.2 Å². The number of pyridine rings is 1. The van der Waals surface area contributed by atoms with Crippen LogP contribution in [0.1, 0.15) is 77.5 Å². The number of hydrazine groups is 1. The molecule has 5 amide bonds. The van der Waals surface area contributed by atoms with Gasteiger partial charge >= 0.3 is 12.0 Å². The van der Waals surface area contributed by atoms with E-state index >= 15 is 0 Å². The minimum atomic E-state index is -1.16. The van der Waals surface area contributed by atoms with Crippen molar-refractivity contribution < 1.29 is 38.6 Å². The van der Waals surface area contributed by atoms with Gasteiger partial charge in [-0.3, -0.25) is 29.2 Å². The van der Waals surface area contributed by atoms with E-state index in [9.17, 15) is 29.1 Å². The molecular weight excluding hydrogens is 853 g/mol. The molecule has 4 aliphatic rings. The highest BCUT2D eigenvalue weighted by atomic mass is 16.5. The molecule has 4 aromatic rings. The number of phenols is 1. The van der Waals surface area contributed by atoms with Crippen molar-refractivity contribution in [1.29, 1.82) is 0 Å². The number of carbonyl (C=O) groups excluding carboxylic acids is 5. The molecule has 0 aliphatic carbocycles. The van der Waals surface area contributed by atoms with Crippen molar-refractivity contribution in [3.05, 3.63) is 71.5 Å². The number of rotatable bonds is 9. The second-order valence-electron chi connectivity index (χ2n) is 20.0. The van der Waals surface area contributed by atoms with Gasteiger partial charge in [-0.25, -0.2) is 10.2 Å². The molecule has 3 N–H and O–H groups in total. The number of aryl methyl sites for hydroxylation is 1. The van der Waals surface area contributed by atoms with Gasteiger partial charge in [-0.05, 0) is 104 Å². The first-order chi connectivity index (χ1) is 32.0. The zero-order chi connectivity index (χ0) is 47.9. The van der Waals surface area contributed by atoms with Crippen molar-refractivity contribution in [3.8, 4) is 28.1 Å².